The summed E-state index contributed by atoms with van der Waals surface area (Å²) in [5.41, 5.74) is 1.25. The molecule has 1 aliphatic rings. The number of hydrogen-bond acceptors (Lipinski definition) is 2. The van der Waals surface area contributed by atoms with Gasteiger partial charge in [0.15, 0.2) is 12.3 Å². The zero-order valence-electron chi connectivity index (χ0n) is 15.3. The second-order valence-electron chi connectivity index (χ2n) is 6.74. The number of rotatable bonds is 5. The van der Waals surface area contributed by atoms with Crippen molar-refractivity contribution >= 4 is 5.97 Å². The van der Waals surface area contributed by atoms with Gasteiger partial charge in [0.05, 0.1) is 12.7 Å². The lowest BCUT2D eigenvalue weighted by molar-refractivity contribution is -0.779. The third-order valence-electron chi connectivity index (χ3n) is 5.25. The van der Waals surface area contributed by atoms with Crippen LogP contribution in [0.4, 0.5) is 0 Å². The van der Waals surface area contributed by atoms with Crippen LogP contribution in [0.15, 0.2) is 79.1 Å². The Bertz CT molecular complexity index is 853. The first-order chi connectivity index (χ1) is 12.7. The fourth-order valence-corrected chi connectivity index (χ4v) is 3.97. The number of ether oxygens (including phenoxy) is 1. The van der Waals surface area contributed by atoms with Gasteiger partial charge in [-0.3, -0.25) is 4.79 Å². The molecule has 0 aliphatic carbocycles. The summed E-state index contributed by atoms with van der Waals surface area (Å²) in [6, 6.07) is 22.0. The van der Waals surface area contributed by atoms with E-state index in [1.165, 1.54) is 0 Å². The van der Waals surface area contributed by atoms with Crippen molar-refractivity contribution in [2.45, 2.75) is 38.0 Å². The summed E-state index contributed by atoms with van der Waals surface area (Å²) < 4.78 is 10.1. The highest BCUT2D eigenvalue weighted by Crippen LogP contribution is 2.43. The molecule has 4 rings (SSSR count). The van der Waals surface area contributed by atoms with Crippen LogP contribution in [-0.4, -0.2) is 16.8 Å². The summed E-state index contributed by atoms with van der Waals surface area (Å²) in [6.45, 7) is 3.65. The van der Waals surface area contributed by atoms with Crippen molar-refractivity contribution in [3.63, 3.8) is 0 Å². The molecule has 2 aromatic carbocycles. The Morgan fingerprint density at radius 1 is 1.04 bits per heavy atom. The van der Waals surface area contributed by atoms with Crippen molar-refractivity contribution in [1.29, 1.82) is 0 Å². The van der Waals surface area contributed by atoms with Crippen LogP contribution in [0.5, 0.6) is 0 Å². The SMILES string of the molecule is CCn1ccc[n+]1CC1CC(c2ccccc2)(c2ccccc2)C(=O)O1.[Cl-]. The van der Waals surface area contributed by atoms with Gasteiger partial charge >= 0.3 is 5.97 Å². The number of cyclic esters (lactones) is 1. The second kappa shape index (κ2) is 7.97. The quantitative estimate of drug-likeness (QED) is 0.463. The largest absolute Gasteiger partial charge is 1.00 e. The lowest BCUT2D eigenvalue weighted by Gasteiger charge is -2.26. The maximum Gasteiger partial charge on any atom is 0.321 e. The number of hydrogen-bond donors (Lipinski definition) is 0. The summed E-state index contributed by atoms with van der Waals surface area (Å²) in [5, 5.41) is 0. The minimum Gasteiger partial charge on any atom is -1.00 e. The maximum absolute atomic E-state index is 13.2. The fraction of sp³-hybridized carbons (Fsp3) is 0.273. The highest BCUT2D eigenvalue weighted by Gasteiger charge is 2.52. The molecular weight excluding hydrogens is 360 g/mol. The van der Waals surface area contributed by atoms with Crippen LogP contribution in [0.3, 0.4) is 0 Å². The number of aromatic nitrogens is 2. The highest BCUT2D eigenvalue weighted by molar-refractivity contribution is 5.89. The number of carbonyl (C=O) groups is 1. The van der Waals surface area contributed by atoms with Gasteiger partial charge in [-0.1, -0.05) is 60.7 Å². The Hall–Kier alpha value is -2.59. The maximum atomic E-state index is 13.2. The number of benzene rings is 2. The van der Waals surface area contributed by atoms with Crippen molar-refractivity contribution in [2.24, 2.45) is 0 Å². The molecule has 5 heteroatoms. The van der Waals surface area contributed by atoms with E-state index in [0.717, 1.165) is 17.7 Å². The minimum absolute atomic E-state index is 0. The zero-order valence-corrected chi connectivity index (χ0v) is 16.0. The van der Waals surface area contributed by atoms with Crippen molar-refractivity contribution in [1.82, 2.24) is 4.68 Å². The summed E-state index contributed by atoms with van der Waals surface area (Å²) >= 11 is 0. The van der Waals surface area contributed by atoms with E-state index in [0.29, 0.717) is 13.0 Å². The molecule has 0 radical (unpaired) electrons. The average molecular weight is 383 g/mol. The molecule has 1 aromatic heterocycles. The van der Waals surface area contributed by atoms with Gasteiger partial charge in [-0.25, -0.2) is 0 Å². The Morgan fingerprint density at radius 3 is 2.19 bits per heavy atom. The molecule has 0 saturated carbocycles. The lowest BCUT2D eigenvalue weighted by Crippen LogP contribution is -3.00. The van der Waals surface area contributed by atoms with Gasteiger partial charge in [-0.15, -0.1) is 4.68 Å². The molecule has 0 amide bonds. The van der Waals surface area contributed by atoms with Gasteiger partial charge in [0.25, 0.3) is 0 Å². The van der Waals surface area contributed by atoms with Crippen molar-refractivity contribution in [3.05, 3.63) is 90.3 Å². The van der Waals surface area contributed by atoms with Crippen LogP contribution in [-0.2, 0) is 28.0 Å². The zero-order chi connectivity index (χ0) is 18.0. The molecule has 1 atom stereocenters. The molecule has 1 unspecified atom stereocenters. The summed E-state index contributed by atoms with van der Waals surface area (Å²) in [5.74, 6) is -0.157. The number of halogens is 1. The van der Waals surface area contributed by atoms with Gasteiger partial charge in [0, 0.05) is 12.5 Å². The van der Waals surface area contributed by atoms with Gasteiger partial charge in [0.2, 0.25) is 6.54 Å². The van der Waals surface area contributed by atoms with E-state index in [4.69, 9.17) is 4.74 Å². The van der Waals surface area contributed by atoms with E-state index in [1.807, 2.05) is 79.1 Å². The lowest BCUT2D eigenvalue weighted by atomic mass is 9.72. The molecule has 2 heterocycles. The Morgan fingerprint density at radius 2 is 1.63 bits per heavy atom. The van der Waals surface area contributed by atoms with Gasteiger partial charge in [-0.2, -0.15) is 4.68 Å². The van der Waals surface area contributed by atoms with Crippen LogP contribution < -0.4 is 17.1 Å². The van der Waals surface area contributed by atoms with Crippen LogP contribution in [0.1, 0.15) is 24.5 Å². The number of aryl methyl sites for hydroxylation is 1. The second-order valence-corrected chi connectivity index (χ2v) is 6.74. The van der Waals surface area contributed by atoms with Crippen LogP contribution in [0, 0.1) is 0 Å². The van der Waals surface area contributed by atoms with Gasteiger partial charge in [0.1, 0.15) is 5.41 Å². The van der Waals surface area contributed by atoms with Gasteiger partial charge in [-0.05, 0) is 18.1 Å². The molecular formula is C22H23ClN2O2. The molecule has 0 bridgehead atoms. The fourth-order valence-electron chi connectivity index (χ4n) is 3.97. The number of nitrogens with zero attached hydrogens (tertiary/aromatic N) is 2. The normalized spacial score (nSPS) is 18.0. The molecule has 3 aromatic rings. The standard InChI is InChI=1S/C22H23N2O2.ClH/c1-2-23-14-9-15-24(23)17-20-16-22(21(25)26-20,18-10-5-3-6-11-18)19-12-7-4-8-13-19;/h3-15,20H,2,16-17H2,1H3;1H/q+1;/p-1. The first-order valence-corrected chi connectivity index (χ1v) is 9.11. The van der Waals surface area contributed by atoms with Crippen molar-refractivity contribution < 1.29 is 26.6 Å². The van der Waals surface area contributed by atoms with E-state index in [-0.39, 0.29) is 24.5 Å². The molecule has 1 aliphatic heterocycles. The highest BCUT2D eigenvalue weighted by atomic mass is 35.5. The number of esters is 1. The molecule has 27 heavy (non-hydrogen) atoms. The monoisotopic (exact) mass is 382 g/mol. The number of carbonyl (C=O) groups excluding carboxylic acids is 1. The topological polar surface area (TPSA) is 35.1 Å². The minimum atomic E-state index is -0.739. The molecule has 4 nitrogen and oxygen atoms in total. The first-order valence-electron chi connectivity index (χ1n) is 9.11. The summed E-state index contributed by atoms with van der Waals surface area (Å²) in [4.78, 5) is 13.2. The smallest absolute Gasteiger partial charge is 0.321 e. The summed E-state index contributed by atoms with van der Waals surface area (Å²) in [6.07, 6.45) is 4.55. The van der Waals surface area contributed by atoms with E-state index >= 15 is 0 Å². The molecule has 140 valence electrons. The van der Waals surface area contributed by atoms with Crippen LogP contribution >= 0.6 is 0 Å². The molecule has 1 fully saturated rings. The first kappa shape index (κ1) is 19.2. The van der Waals surface area contributed by atoms with E-state index in [1.54, 1.807) is 0 Å². The van der Waals surface area contributed by atoms with E-state index in [2.05, 4.69) is 16.3 Å². The van der Waals surface area contributed by atoms with E-state index in [9.17, 15) is 4.79 Å². The predicted molar refractivity (Wildman–Crippen MR) is 98.5 cm³/mol. The summed E-state index contributed by atoms with van der Waals surface area (Å²) in [7, 11) is 0. The van der Waals surface area contributed by atoms with E-state index < -0.39 is 5.41 Å². The molecule has 1 saturated heterocycles. The van der Waals surface area contributed by atoms with Crippen LogP contribution in [0.2, 0.25) is 0 Å². The third kappa shape index (κ3) is 3.37. The molecule has 0 spiro atoms. The van der Waals surface area contributed by atoms with Crippen molar-refractivity contribution in [3.8, 4) is 0 Å². The van der Waals surface area contributed by atoms with Crippen molar-refractivity contribution in [2.75, 3.05) is 0 Å². The van der Waals surface area contributed by atoms with Crippen LogP contribution in [0.25, 0.3) is 0 Å². The Kier molecular flexibility index (Phi) is 5.66. The average Bonchev–Trinajstić information content (AvgIpc) is 3.27. The third-order valence-corrected chi connectivity index (χ3v) is 5.25. The Balaban J connectivity index is 0.00000210. The van der Waals surface area contributed by atoms with Gasteiger partial charge < -0.3 is 17.1 Å². The Labute approximate surface area is 165 Å². The molecule has 0 N–H and O–H groups in total. The predicted octanol–water partition coefficient (Wildman–Crippen LogP) is 0.101.